The van der Waals surface area contributed by atoms with E-state index >= 15 is 0 Å². The summed E-state index contributed by atoms with van der Waals surface area (Å²) in [5, 5.41) is 3.56. The lowest BCUT2D eigenvalue weighted by Gasteiger charge is -2.24. The first kappa shape index (κ1) is 14.9. The van der Waals surface area contributed by atoms with E-state index in [1.807, 2.05) is 0 Å². The SMILES string of the molecule is CCC(CC)CNCCN(C)C(C)CC. The number of hydrogen-bond acceptors (Lipinski definition) is 2. The number of rotatable bonds is 9. The Morgan fingerprint density at radius 2 is 1.67 bits per heavy atom. The van der Waals surface area contributed by atoms with Crippen LogP contribution in [0.5, 0.6) is 0 Å². The first-order valence-electron chi connectivity index (χ1n) is 6.56. The van der Waals surface area contributed by atoms with Gasteiger partial charge >= 0.3 is 0 Å². The lowest BCUT2D eigenvalue weighted by Crippen LogP contribution is -2.36. The largest absolute Gasteiger partial charge is 0.315 e. The number of nitrogens with zero attached hydrogens (tertiary/aromatic N) is 1. The van der Waals surface area contributed by atoms with E-state index in [4.69, 9.17) is 0 Å². The van der Waals surface area contributed by atoms with Crippen LogP contribution in [-0.4, -0.2) is 37.6 Å². The third-order valence-corrected chi connectivity index (χ3v) is 3.57. The molecule has 0 amide bonds. The molecule has 0 bridgehead atoms. The van der Waals surface area contributed by atoms with E-state index in [0.29, 0.717) is 6.04 Å². The molecule has 2 nitrogen and oxygen atoms in total. The maximum absolute atomic E-state index is 3.56. The predicted molar refractivity (Wildman–Crippen MR) is 69.3 cm³/mol. The van der Waals surface area contributed by atoms with E-state index in [-0.39, 0.29) is 0 Å². The molecule has 0 heterocycles. The van der Waals surface area contributed by atoms with E-state index in [1.165, 1.54) is 25.8 Å². The zero-order chi connectivity index (χ0) is 11.7. The highest BCUT2D eigenvalue weighted by Gasteiger charge is 2.06. The molecular weight excluding hydrogens is 184 g/mol. The van der Waals surface area contributed by atoms with E-state index in [9.17, 15) is 0 Å². The van der Waals surface area contributed by atoms with Crippen molar-refractivity contribution in [3.63, 3.8) is 0 Å². The Morgan fingerprint density at radius 1 is 1.07 bits per heavy atom. The van der Waals surface area contributed by atoms with Crippen LogP contribution >= 0.6 is 0 Å². The van der Waals surface area contributed by atoms with Gasteiger partial charge in [-0.05, 0) is 32.9 Å². The average molecular weight is 214 g/mol. The van der Waals surface area contributed by atoms with Gasteiger partial charge < -0.3 is 10.2 Å². The standard InChI is InChI=1S/C13H30N2/c1-6-12(4)15(5)10-9-14-11-13(7-2)8-3/h12-14H,6-11H2,1-5H3. The highest BCUT2D eigenvalue weighted by atomic mass is 15.1. The molecule has 0 aromatic heterocycles. The Kier molecular flexibility index (Phi) is 9.12. The molecule has 2 heteroatoms. The van der Waals surface area contributed by atoms with Crippen LogP contribution in [0, 0.1) is 5.92 Å². The summed E-state index contributed by atoms with van der Waals surface area (Å²) >= 11 is 0. The van der Waals surface area contributed by atoms with Crippen molar-refractivity contribution in [2.24, 2.45) is 5.92 Å². The van der Waals surface area contributed by atoms with Gasteiger partial charge in [0.2, 0.25) is 0 Å². The van der Waals surface area contributed by atoms with Crippen molar-refractivity contribution in [2.75, 3.05) is 26.7 Å². The fourth-order valence-corrected chi connectivity index (χ4v) is 1.67. The molecule has 1 unspecified atom stereocenters. The Morgan fingerprint density at radius 3 is 2.13 bits per heavy atom. The van der Waals surface area contributed by atoms with Gasteiger partial charge in [-0.25, -0.2) is 0 Å². The molecule has 0 aliphatic heterocycles. The fourth-order valence-electron chi connectivity index (χ4n) is 1.67. The first-order valence-corrected chi connectivity index (χ1v) is 6.56. The van der Waals surface area contributed by atoms with Crippen molar-refractivity contribution in [3.05, 3.63) is 0 Å². The predicted octanol–water partition coefficient (Wildman–Crippen LogP) is 2.74. The van der Waals surface area contributed by atoms with E-state index in [1.54, 1.807) is 0 Å². The summed E-state index contributed by atoms with van der Waals surface area (Å²) in [5.41, 5.74) is 0. The summed E-state index contributed by atoms with van der Waals surface area (Å²) in [7, 11) is 2.22. The summed E-state index contributed by atoms with van der Waals surface area (Å²) < 4.78 is 0. The van der Waals surface area contributed by atoms with Crippen LogP contribution < -0.4 is 5.32 Å². The molecule has 0 saturated carbocycles. The minimum atomic E-state index is 0.708. The van der Waals surface area contributed by atoms with Crippen LogP contribution in [-0.2, 0) is 0 Å². The van der Waals surface area contributed by atoms with Gasteiger partial charge in [0.1, 0.15) is 0 Å². The molecule has 0 aliphatic rings. The van der Waals surface area contributed by atoms with Gasteiger partial charge in [-0.1, -0.05) is 33.6 Å². The molecule has 0 aromatic carbocycles. The molecule has 0 radical (unpaired) electrons. The van der Waals surface area contributed by atoms with Gasteiger partial charge in [0.15, 0.2) is 0 Å². The number of hydrogen-bond donors (Lipinski definition) is 1. The van der Waals surface area contributed by atoms with Gasteiger partial charge in [-0.15, -0.1) is 0 Å². The molecule has 0 saturated heterocycles. The lowest BCUT2D eigenvalue weighted by atomic mass is 10.0. The topological polar surface area (TPSA) is 15.3 Å². The van der Waals surface area contributed by atoms with Crippen LogP contribution in [0.2, 0.25) is 0 Å². The van der Waals surface area contributed by atoms with Gasteiger partial charge in [0.05, 0.1) is 0 Å². The Balaban J connectivity index is 3.45. The minimum Gasteiger partial charge on any atom is -0.315 e. The summed E-state index contributed by atoms with van der Waals surface area (Å²) in [6.45, 7) is 12.6. The second kappa shape index (κ2) is 9.17. The molecule has 1 N–H and O–H groups in total. The van der Waals surface area contributed by atoms with E-state index in [0.717, 1.165) is 19.0 Å². The van der Waals surface area contributed by atoms with Crippen LogP contribution in [0.15, 0.2) is 0 Å². The lowest BCUT2D eigenvalue weighted by molar-refractivity contribution is 0.249. The quantitative estimate of drug-likeness (QED) is 0.594. The van der Waals surface area contributed by atoms with Gasteiger partial charge in [-0.3, -0.25) is 0 Å². The van der Waals surface area contributed by atoms with Crippen molar-refractivity contribution < 1.29 is 0 Å². The van der Waals surface area contributed by atoms with Crippen LogP contribution in [0.4, 0.5) is 0 Å². The summed E-state index contributed by atoms with van der Waals surface area (Å²) in [4.78, 5) is 2.43. The van der Waals surface area contributed by atoms with Crippen molar-refractivity contribution >= 4 is 0 Å². The van der Waals surface area contributed by atoms with Gasteiger partial charge in [0, 0.05) is 19.1 Å². The van der Waals surface area contributed by atoms with Gasteiger partial charge in [-0.2, -0.15) is 0 Å². The molecular formula is C13H30N2. The third-order valence-electron chi connectivity index (χ3n) is 3.57. The van der Waals surface area contributed by atoms with Crippen molar-refractivity contribution in [3.8, 4) is 0 Å². The fraction of sp³-hybridized carbons (Fsp3) is 1.00. The Labute approximate surface area is 96.4 Å². The molecule has 0 aromatic rings. The maximum Gasteiger partial charge on any atom is 0.0107 e. The second-order valence-corrected chi connectivity index (χ2v) is 4.62. The molecule has 1 atom stereocenters. The van der Waals surface area contributed by atoms with Crippen molar-refractivity contribution in [1.29, 1.82) is 0 Å². The normalized spacial score (nSPS) is 13.8. The monoisotopic (exact) mass is 214 g/mol. The molecule has 0 rings (SSSR count). The van der Waals surface area contributed by atoms with Crippen molar-refractivity contribution in [2.45, 2.75) is 53.0 Å². The molecule has 0 fully saturated rings. The minimum absolute atomic E-state index is 0.708. The average Bonchev–Trinajstić information content (AvgIpc) is 2.27. The van der Waals surface area contributed by atoms with E-state index < -0.39 is 0 Å². The van der Waals surface area contributed by atoms with Crippen LogP contribution in [0.25, 0.3) is 0 Å². The Hall–Kier alpha value is -0.0800. The zero-order valence-electron chi connectivity index (χ0n) is 11.3. The zero-order valence-corrected chi connectivity index (χ0v) is 11.3. The van der Waals surface area contributed by atoms with Gasteiger partial charge in [0.25, 0.3) is 0 Å². The highest BCUT2D eigenvalue weighted by Crippen LogP contribution is 2.04. The molecule has 92 valence electrons. The summed E-state index contributed by atoms with van der Waals surface area (Å²) in [5.74, 6) is 0.860. The molecule has 15 heavy (non-hydrogen) atoms. The highest BCUT2D eigenvalue weighted by molar-refractivity contribution is 4.64. The molecule has 0 aliphatic carbocycles. The third kappa shape index (κ3) is 6.91. The first-order chi connectivity index (χ1) is 7.15. The summed E-state index contributed by atoms with van der Waals surface area (Å²) in [6.07, 6.45) is 3.83. The van der Waals surface area contributed by atoms with Crippen LogP contribution in [0.3, 0.4) is 0 Å². The Bertz CT molecular complexity index is 132. The summed E-state index contributed by atoms with van der Waals surface area (Å²) in [6, 6.07) is 0.708. The molecule has 0 spiro atoms. The number of likely N-dealkylation sites (N-methyl/N-ethyl adjacent to an activating group) is 1. The van der Waals surface area contributed by atoms with Crippen molar-refractivity contribution in [1.82, 2.24) is 10.2 Å². The maximum atomic E-state index is 3.56. The second-order valence-electron chi connectivity index (χ2n) is 4.62. The number of nitrogens with one attached hydrogen (secondary N) is 1. The van der Waals surface area contributed by atoms with E-state index in [2.05, 4.69) is 45.0 Å². The smallest absolute Gasteiger partial charge is 0.0107 e. The van der Waals surface area contributed by atoms with Crippen LogP contribution in [0.1, 0.15) is 47.0 Å².